The number of carbonyl (C=O) groups excluding carboxylic acids is 2. The van der Waals surface area contributed by atoms with Crippen molar-refractivity contribution in [2.75, 3.05) is 0 Å². The Balaban J connectivity index is 1.81. The van der Waals surface area contributed by atoms with Crippen LogP contribution in [0.3, 0.4) is 0 Å². The highest BCUT2D eigenvalue weighted by Crippen LogP contribution is 2.28. The number of hydrazine groups is 1. The first kappa shape index (κ1) is 20.0. The van der Waals surface area contributed by atoms with Gasteiger partial charge in [-0.1, -0.05) is 41.4 Å². The fourth-order valence-electron chi connectivity index (χ4n) is 1.83. The first-order valence-corrected chi connectivity index (χ1v) is 8.61. The van der Waals surface area contributed by atoms with E-state index < -0.39 is 17.9 Å². The molecule has 0 aliphatic carbocycles. The van der Waals surface area contributed by atoms with Gasteiger partial charge in [0.15, 0.2) is 11.2 Å². The molecule has 0 bridgehead atoms. The van der Waals surface area contributed by atoms with E-state index >= 15 is 0 Å². The van der Waals surface area contributed by atoms with Crippen molar-refractivity contribution in [3.63, 3.8) is 0 Å². The number of hydrogen-bond donors (Lipinski definition) is 3. The highest BCUT2D eigenvalue weighted by molar-refractivity contribution is 7.80. The highest BCUT2D eigenvalue weighted by Gasteiger charge is 2.17. The standard InChI is InChI=1S/C17H15Cl2N3O3S/c1-10(25-14-8-7-12(18)9-13(14)19)15(23)21-22-17(26)20-16(24)11-5-3-2-4-6-11/h2-10H,1H3,(H,21,23)(H2,20,22,24,26)/t10-/m0/s1. The second-order valence-corrected chi connectivity index (χ2v) is 6.35. The largest absolute Gasteiger partial charge is 0.479 e. The van der Waals surface area contributed by atoms with E-state index in [2.05, 4.69) is 16.2 Å². The van der Waals surface area contributed by atoms with E-state index in [0.717, 1.165) is 0 Å². The van der Waals surface area contributed by atoms with Crippen molar-refractivity contribution in [2.45, 2.75) is 13.0 Å². The molecule has 0 saturated heterocycles. The number of nitrogens with one attached hydrogen (secondary N) is 3. The van der Waals surface area contributed by atoms with Gasteiger partial charge in [0.2, 0.25) is 0 Å². The number of benzene rings is 2. The van der Waals surface area contributed by atoms with Crippen LogP contribution in [0.25, 0.3) is 0 Å². The predicted octanol–water partition coefficient (Wildman–Crippen LogP) is 3.10. The number of thiocarbonyl (C=S) groups is 1. The topological polar surface area (TPSA) is 79.5 Å². The maximum atomic E-state index is 12.0. The summed E-state index contributed by atoms with van der Waals surface area (Å²) in [6.45, 7) is 1.54. The van der Waals surface area contributed by atoms with Gasteiger partial charge >= 0.3 is 0 Å². The molecular formula is C17H15Cl2N3O3S. The van der Waals surface area contributed by atoms with Gasteiger partial charge in [-0.25, -0.2) is 0 Å². The predicted molar refractivity (Wildman–Crippen MR) is 104 cm³/mol. The monoisotopic (exact) mass is 411 g/mol. The number of amides is 2. The maximum absolute atomic E-state index is 12.0. The molecule has 26 heavy (non-hydrogen) atoms. The van der Waals surface area contributed by atoms with E-state index in [1.807, 2.05) is 0 Å². The summed E-state index contributed by atoms with van der Waals surface area (Å²) in [6, 6.07) is 13.2. The van der Waals surface area contributed by atoms with Crippen LogP contribution in [0.4, 0.5) is 0 Å². The molecule has 2 aromatic carbocycles. The SMILES string of the molecule is C[C@H](Oc1ccc(Cl)cc1Cl)C(=O)NNC(=S)NC(=O)c1ccccc1. The van der Waals surface area contributed by atoms with Crippen LogP contribution >= 0.6 is 35.4 Å². The summed E-state index contributed by atoms with van der Waals surface area (Å²) in [5.74, 6) is -0.583. The number of rotatable bonds is 4. The van der Waals surface area contributed by atoms with Crippen molar-refractivity contribution in [3.05, 3.63) is 64.1 Å². The molecule has 9 heteroatoms. The van der Waals surface area contributed by atoms with Gasteiger partial charge in [-0.3, -0.25) is 25.8 Å². The molecule has 0 fully saturated rings. The van der Waals surface area contributed by atoms with Crippen molar-refractivity contribution in [3.8, 4) is 5.75 Å². The Morgan fingerprint density at radius 3 is 2.42 bits per heavy atom. The Morgan fingerprint density at radius 2 is 1.77 bits per heavy atom. The molecule has 0 aliphatic heterocycles. The Labute approximate surface area is 165 Å². The first-order valence-electron chi connectivity index (χ1n) is 7.44. The van der Waals surface area contributed by atoms with E-state index in [1.54, 1.807) is 42.5 Å². The quantitative estimate of drug-likeness (QED) is 0.531. The van der Waals surface area contributed by atoms with Crippen molar-refractivity contribution in [2.24, 2.45) is 0 Å². The maximum Gasteiger partial charge on any atom is 0.279 e. The van der Waals surface area contributed by atoms with Gasteiger partial charge in [-0.2, -0.15) is 0 Å². The van der Waals surface area contributed by atoms with E-state index in [-0.39, 0.29) is 10.1 Å². The number of ether oxygens (including phenoxy) is 1. The van der Waals surface area contributed by atoms with E-state index in [0.29, 0.717) is 16.3 Å². The van der Waals surface area contributed by atoms with Crippen LogP contribution in [-0.4, -0.2) is 23.0 Å². The van der Waals surface area contributed by atoms with Gasteiger partial charge in [0.1, 0.15) is 5.75 Å². The van der Waals surface area contributed by atoms with Crippen LogP contribution in [0.15, 0.2) is 48.5 Å². The Bertz CT molecular complexity index is 818. The Hall–Kier alpha value is -2.35. The number of carbonyl (C=O) groups is 2. The summed E-state index contributed by atoms with van der Waals surface area (Å²) in [6.07, 6.45) is -0.867. The smallest absolute Gasteiger partial charge is 0.279 e. The number of hydrogen-bond acceptors (Lipinski definition) is 4. The third kappa shape index (κ3) is 5.87. The lowest BCUT2D eigenvalue weighted by molar-refractivity contribution is -0.127. The lowest BCUT2D eigenvalue weighted by Gasteiger charge is -2.17. The average molecular weight is 412 g/mol. The summed E-state index contributed by atoms with van der Waals surface area (Å²) in [4.78, 5) is 24.0. The zero-order chi connectivity index (χ0) is 19.1. The zero-order valence-corrected chi connectivity index (χ0v) is 15.9. The van der Waals surface area contributed by atoms with Gasteiger partial charge < -0.3 is 4.74 Å². The summed E-state index contributed by atoms with van der Waals surface area (Å²) in [5.41, 5.74) is 5.23. The fraction of sp³-hybridized carbons (Fsp3) is 0.118. The van der Waals surface area contributed by atoms with Crippen LogP contribution < -0.4 is 20.9 Å². The van der Waals surface area contributed by atoms with Crippen LogP contribution in [0.5, 0.6) is 5.75 Å². The minimum atomic E-state index is -0.867. The molecule has 0 aliphatic rings. The fourth-order valence-corrected chi connectivity index (χ4v) is 2.43. The van der Waals surface area contributed by atoms with E-state index in [4.69, 9.17) is 40.2 Å². The summed E-state index contributed by atoms with van der Waals surface area (Å²) >= 11 is 16.8. The first-order chi connectivity index (χ1) is 12.4. The Kier molecular flexibility index (Phi) is 7.20. The molecular weight excluding hydrogens is 397 g/mol. The van der Waals surface area contributed by atoms with E-state index in [9.17, 15) is 9.59 Å². The molecule has 136 valence electrons. The third-order valence-corrected chi connectivity index (χ3v) is 3.86. The van der Waals surface area contributed by atoms with Crippen LogP contribution in [-0.2, 0) is 4.79 Å². The van der Waals surface area contributed by atoms with Gasteiger partial charge in [0.05, 0.1) is 5.02 Å². The minimum absolute atomic E-state index is 0.0519. The van der Waals surface area contributed by atoms with Crippen molar-refractivity contribution in [1.29, 1.82) is 0 Å². The Morgan fingerprint density at radius 1 is 1.08 bits per heavy atom. The molecule has 6 nitrogen and oxygen atoms in total. The summed E-state index contributed by atoms with van der Waals surface area (Å²) in [5, 5.41) is 3.14. The van der Waals surface area contributed by atoms with Crippen LogP contribution in [0.2, 0.25) is 10.0 Å². The molecule has 2 aromatic rings. The number of halogens is 2. The van der Waals surface area contributed by atoms with Crippen molar-refractivity contribution in [1.82, 2.24) is 16.2 Å². The molecule has 0 unspecified atom stereocenters. The van der Waals surface area contributed by atoms with Gasteiger partial charge in [-0.15, -0.1) is 0 Å². The zero-order valence-electron chi connectivity index (χ0n) is 13.6. The molecule has 0 saturated carbocycles. The third-order valence-electron chi connectivity index (χ3n) is 3.13. The van der Waals surface area contributed by atoms with Gasteiger partial charge in [-0.05, 0) is 49.5 Å². The van der Waals surface area contributed by atoms with Gasteiger partial charge in [0.25, 0.3) is 11.8 Å². The molecule has 0 heterocycles. The highest BCUT2D eigenvalue weighted by atomic mass is 35.5. The average Bonchev–Trinajstić information content (AvgIpc) is 2.62. The van der Waals surface area contributed by atoms with Crippen LogP contribution in [0, 0.1) is 0 Å². The normalized spacial score (nSPS) is 11.2. The molecule has 0 radical (unpaired) electrons. The second-order valence-electron chi connectivity index (χ2n) is 5.10. The molecule has 3 N–H and O–H groups in total. The molecule has 0 aromatic heterocycles. The minimum Gasteiger partial charge on any atom is -0.479 e. The molecule has 2 amide bonds. The summed E-state index contributed by atoms with van der Waals surface area (Å²) in [7, 11) is 0. The van der Waals surface area contributed by atoms with Gasteiger partial charge in [0, 0.05) is 10.6 Å². The van der Waals surface area contributed by atoms with E-state index in [1.165, 1.54) is 13.0 Å². The molecule has 0 spiro atoms. The van der Waals surface area contributed by atoms with Crippen LogP contribution in [0.1, 0.15) is 17.3 Å². The lowest BCUT2D eigenvalue weighted by Crippen LogP contribution is -2.51. The molecule has 2 rings (SSSR count). The summed E-state index contributed by atoms with van der Waals surface area (Å²) < 4.78 is 5.47. The van der Waals surface area contributed by atoms with Crippen molar-refractivity contribution >= 4 is 52.3 Å². The van der Waals surface area contributed by atoms with Crippen molar-refractivity contribution < 1.29 is 14.3 Å². The molecule has 1 atom stereocenters. The second kappa shape index (κ2) is 9.38. The lowest BCUT2D eigenvalue weighted by atomic mass is 10.2.